The molecule has 1 saturated heterocycles. The molecule has 1 heterocycles. The number of benzene rings is 1. The molecule has 0 unspecified atom stereocenters. The average Bonchev–Trinajstić information content (AvgIpc) is 2.86. The van der Waals surface area contributed by atoms with Gasteiger partial charge in [0, 0.05) is 17.1 Å². The second kappa shape index (κ2) is 9.75. The third kappa shape index (κ3) is 5.33. The van der Waals surface area contributed by atoms with Crippen molar-refractivity contribution in [2.24, 2.45) is 0 Å². The van der Waals surface area contributed by atoms with Crippen LogP contribution in [-0.2, 0) is 19.1 Å². The van der Waals surface area contributed by atoms with Crippen LogP contribution in [0.3, 0.4) is 0 Å². The largest absolute Gasteiger partial charge is 0.481 e. The third-order valence-corrected chi connectivity index (χ3v) is 4.70. The van der Waals surface area contributed by atoms with E-state index in [1.807, 2.05) is 0 Å². The number of amides is 2. The van der Waals surface area contributed by atoms with E-state index in [9.17, 15) is 14.4 Å². The van der Waals surface area contributed by atoms with Gasteiger partial charge in [-0.15, -0.1) is 0 Å². The summed E-state index contributed by atoms with van der Waals surface area (Å²) in [6.45, 7) is 2.21. The van der Waals surface area contributed by atoms with Crippen LogP contribution in [0.4, 0.5) is 4.79 Å². The molecule has 0 aromatic heterocycles. The summed E-state index contributed by atoms with van der Waals surface area (Å²) in [5.74, 6) is -0.459. The van der Waals surface area contributed by atoms with Crippen molar-refractivity contribution in [3.8, 4) is 5.75 Å². The quantitative estimate of drug-likeness (QED) is 0.450. The molecule has 0 atom stereocenters. The molecule has 2 amide bonds. The molecular formula is C17H18BrNO6S. The first-order valence-corrected chi connectivity index (χ1v) is 9.39. The van der Waals surface area contributed by atoms with Crippen LogP contribution in [0.15, 0.2) is 27.6 Å². The Morgan fingerprint density at radius 2 is 2.12 bits per heavy atom. The van der Waals surface area contributed by atoms with Crippen molar-refractivity contribution in [1.29, 1.82) is 0 Å². The van der Waals surface area contributed by atoms with E-state index in [1.54, 1.807) is 31.2 Å². The van der Waals surface area contributed by atoms with Gasteiger partial charge in [0.15, 0.2) is 6.61 Å². The molecule has 0 spiro atoms. The van der Waals surface area contributed by atoms with Crippen LogP contribution in [0.1, 0.15) is 12.5 Å². The molecule has 2 rings (SSSR count). The molecule has 1 aromatic rings. The number of thioether (sulfide) groups is 1. The summed E-state index contributed by atoms with van der Waals surface area (Å²) in [7, 11) is 1.50. The number of methoxy groups -OCH3 is 1. The summed E-state index contributed by atoms with van der Waals surface area (Å²) in [5.41, 5.74) is 0.570. The normalized spacial score (nSPS) is 15.7. The van der Waals surface area contributed by atoms with Gasteiger partial charge in [-0.1, -0.05) is 15.9 Å². The molecule has 7 nitrogen and oxygen atoms in total. The van der Waals surface area contributed by atoms with Crippen LogP contribution in [0, 0.1) is 0 Å². The molecule has 1 aliphatic heterocycles. The molecule has 0 N–H and O–H groups in total. The number of carbonyl (C=O) groups excluding carboxylic acids is 3. The number of imide groups is 1. The maximum absolute atomic E-state index is 12.4. The van der Waals surface area contributed by atoms with E-state index in [1.165, 1.54) is 7.11 Å². The minimum atomic E-state index is -0.485. The lowest BCUT2D eigenvalue weighted by molar-refractivity contribution is -0.145. The zero-order valence-electron chi connectivity index (χ0n) is 14.3. The van der Waals surface area contributed by atoms with E-state index >= 15 is 0 Å². The van der Waals surface area contributed by atoms with Gasteiger partial charge in [0.2, 0.25) is 0 Å². The average molecular weight is 444 g/mol. The van der Waals surface area contributed by atoms with Crippen molar-refractivity contribution in [2.45, 2.75) is 6.92 Å². The first-order chi connectivity index (χ1) is 12.5. The Hall–Kier alpha value is -1.84. The standard InChI is InChI=1S/C17H18BrNO6S/c1-3-24-15(20)10-25-13-5-4-12(18)8-11(13)9-14-16(21)19(6-7-23-2)17(22)26-14/h4-5,8-9H,3,6-7,10H2,1-2H3/b14-9-. The maximum Gasteiger partial charge on any atom is 0.344 e. The highest BCUT2D eigenvalue weighted by atomic mass is 79.9. The van der Waals surface area contributed by atoms with Crippen LogP contribution < -0.4 is 4.74 Å². The van der Waals surface area contributed by atoms with E-state index < -0.39 is 5.97 Å². The number of esters is 1. The highest BCUT2D eigenvalue weighted by molar-refractivity contribution is 9.10. The summed E-state index contributed by atoms with van der Waals surface area (Å²) in [5, 5.41) is -0.345. The molecule has 140 valence electrons. The van der Waals surface area contributed by atoms with Crippen molar-refractivity contribution in [3.05, 3.63) is 33.1 Å². The summed E-state index contributed by atoms with van der Waals surface area (Å²) in [4.78, 5) is 37.3. The molecule has 0 aliphatic carbocycles. The van der Waals surface area contributed by atoms with Gasteiger partial charge < -0.3 is 14.2 Å². The van der Waals surface area contributed by atoms with Crippen molar-refractivity contribution in [3.63, 3.8) is 0 Å². The van der Waals surface area contributed by atoms with E-state index in [0.29, 0.717) is 11.3 Å². The lowest BCUT2D eigenvalue weighted by Gasteiger charge is -2.11. The predicted octanol–water partition coefficient (Wildman–Crippen LogP) is 3.07. The minimum Gasteiger partial charge on any atom is -0.481 e. The van der Waals surface area contributed by atoms with Gasteiger partial charge in [0.1, 0.15) is 5.75 Å². The Morgan fingerprint density at radius 3 is 2.81 bits per heavy atom. The van der Waals surface area contributed by atoms with Gasteiger partial charge in [0.25, 0.3) is 11.1 Å². The highest BCUT2D eigenvalue weighted by Gasteiger charge is 2.34. The van der Waals surface area contributed by atoms with Crippen molar-refractivity contribution < 1.29 is 28.6 Å². The summed E-state index contributed by atoms with van der Waals surface area (Å²) in [6.07, 6.45) is 1.57. The van der Waals surface area contributed by atoms with Gasteiger partial charge in [-0.25, -0.2) is 4.79 Å². The zero-order valence-corrected chi connectivity index (χ0v) is 16.7. The number of rotatable bonds is 8. The van der Waals surface area contributed by atoms with Crippen LogP contribution in [-0.4, -0.2) is 55.5 Å². The van der Waals surface area contributed by atoms with Crippen molar-refractivity contribution in [2.75, 3.05) is 33.5 Å². The van der Waals surface area contributed by atoms with E-state index in [4.69, 9.17) is 14.2 Å². The number of hydrogen-bond donors (Lipinski definition) is 0. The lowest BCUT2D eigenvalue weighted by Crippen LogP contribution is -2.31. The van der Waals surface area contributed by atoms with Gasteiger partial charge in [0.05, 0.1) is 24.7 Å². The number of ether oxygens (including phenoxy) is 3. The number of carbonyl (C=O) groups is 3. The fourth-order valence-corrected chi connectivity index (χ4v) is 3.35. The Kier molecular flexibility index (Phi) is 7.67. The van der Waals surface area contributed by atoms with Crippen LogP contribution >= 0.6 is 27.7 Å². The second-order valence-electron chi connectivity index (χ2n) is 5.10. The fraction of sp³-hybridized carbons (Fsp3) is 0.353. The Labute approximate surface area is 163 Å². The SMILES string of the molecule is CCOC(=O)COc1ccc(Br)cc1/C=C1\SC(=O)N(CCOC)C1=O. The Bertz CT molecular complexity index is 736. The topological polar surface area (TPSA) is 82.1 Å². The molecule has 1 aromatic carbocycles. The zero-order chi connectivity index (χ0) is 19.1. The first kappa shape index (κ1) is 20.5. The first-order valence-electron chi connectivity index (χ1n) is 7.78. The summed E-state index contributed by atoms with van der Waals surface area (Å²) in [6, 6.07) is 5.16. The van der Waals surface area contributed by atoms with E-state index in [0.717, 1.165) is 21.1 Å². The van der Waals surface area contributed by atoms with Crippen LogP contribution in [0.5, 0.6) is 5.75 Å². The molecule has 1 fully saturated rings. The highest BCUT2D eigenvalue weighted by Crippen LogP contribution is 2.34. The summed E-state index contributed by atoms with van der Waals surface area (Å²) >= 11 is 4.22. The molecule has 9 heteroatoms. The van der Waals surface area contributed by atoms with E-state index in [-0.39, 0.29) is 42.4 Å². The van der Waals surface area contributed by atoms with Gasteiger partial charge in [-0.05, 0) is 43.0 Å². The van der Waals surface area contributed by atoms with Crippen molar-refractivity contribution in [1.82, 2.24) is 4.90 Å². The number of nitrogens with zero attached hydrogens (tertiary/aromatic N) is 1. The molecule has 0 bridgehead atoms. The minimum absolute atomic E-state index is 0.198. The lowest BCUT2D eigenvalue weighted by atomic mass is 10.2. The van der Waals surface area contributed by atoms with Gasteiger partial charge in [-0.3, -0.25) is 14.5 Å². The molecular weight excluding hydrogens is 426 g/mol. The van der Waals surface area contributed by atoms with Gasteiger partial charge in [-0.2, -0.15) is 0 Å². The third-order valence-electron chi connectivity index (χ3n) is 3.30. The van der Waals surface area contributed by atoms with Gasteiger partial charge >= 0.3 is 5.97 Å². The maximum atomic E-state index is 12.4. The second-order valence-corrected chi connectivity index (χ2v) is 7.01. The molecule has 26 heavy (non-hydrogen) atoms. The van der Waals surface area contributed by atoms with Crippen molar-refractivity contribution >= 4 is 50.9 Å². The molecule has 0 saturated carbocycles. The predicted molar refractivity (Wildman–Crippen MR) is 101 cm³/mol. The molecule has 1 aliphatic rings. The Morgan fingerprint density at radius 1 is 1.35 bits per heavy atom. The smallest absolute Gasteiger partial charge is 0.344 e. The van der Waals surface area contributed by atoms with E-state index in [2.05, 4.69) is 15.9 Å². The van der Waals surface area contributed by atoms with Crippen LogP contribution in [0.2, 0.25) is 0 Å². The Balaban J connectivity index is 2.21. The number of halogens is 1. The monoisotopic (exact) mass is 443 g/mol. The summed E-state index contributed by atoms with van der Waals surface area (Å²) < 4.78 is 16.0. The van der Waals surface area contributed by atoms with Crippen LogP contribution in [0.25, 0.3) is 6.08 Å². The number of hydrogen-bond acceptors (Lipinski definition) is 7. The fourth-order valence-electron chi connectivity index (χ4n) is 2.12. The molecule has 0 radical (unpaired) electrons.